The Labute approximate surface area is 259 Å². The molecule has 0 bridgehead atoms. The van der Waals surface area contributed by atoms with Crippen LogP contribution >= 0.6 is 22.6 Å². The minimum atomic E-state index is -3.51. The topological polar surface area (TPSA) is 167 Å². The monoisotopic (exact) mass is 722 g/mol. The van der Waals surface area contributed by atoms with E-state index in [0.29, 0.717) is 33.3 Å². The van der Waals surface area contributed by atoms with Crippen LogP contribution < -0.4 is 14.9 Å². The number of carbonyl (C=O) groups is 2. The molecule has 0 aromatic heterocycles. The molecule has 14 heteroatoms. The normalized spacial score (nSPS) is 10.8. The summed E-state index contributed by atoms with van der Waals surface area (Å²) in [6, 6.07) is 26.4. The predicted molar refractivity (Wildman–Crippen MR) is 171 cm³/mol. The number of nitrogens with one attached hydrogen (secondary N) is 2. The lowest BCUT2D eigenvalue weighted by Crippen LogP contribution is -2.29. The van der Waals surface area contributed by atoms with Crippen molar-refractivity contribution >= 4 is 67.8 Å². The Kier molecular flexibility index (Phi) is 13.7. The van der Waals surface area contributed by atoms with E-state index < -0.39 is 27.2 Å². The van der Waals surface area contributed by atoms with E-state index in [9.17, 15) is 26.4 Å². The first-order chi connectivity index (χ1) is 19.9. The van der Waals surface area contributed by atoms with Crippen molar-refractivity contribution in [2.24, 2.45) is 0 Å². The molecule has 0 aliphatic rings. The molecule has 4 aromatic carbocycles. The van der Waals surface area contributed by atoms with E-state index in [4.69, 9.17) is 10.0 Å². The van der Waals surface area contributed by atoms with E-state index in [1.807, 2.05) is 22.6 Å². The van der Waals surface area contributed by atoms with Gasteiger partial charge in [-0.15, -0.1) is 0 Å². The lowest BCUT2D eigenvalue weighted by Gasteiger charge is -2.09. The molecule has 0 heterocycles. The molecule has 10 nitrogen and oxygen atoms in total. The van der Waals surface area contributed by atoms with E-state index in [1.165, 1.54) is 38.4 Å². The highest BCUT2D eigenvalue weighted by Gasteiger charge is 2.17. The minimum absolute atomic E-state index is 0.219. The van der Waals surface area contributed by atoms with E-state index in [1.54, 1.807) is 72.8 Å². The maximum absolute atomic E-state index is 12.0. The molecule has 0 radical (unpaired) electrons. The largest absolute Gasteiger partial charge is 0.488 e. The Balaban J connectivity index is 0.000000233. The van der Waals surface area contributed by atoms with Crippen molar-refractivity contribution in [2.45, 2.75) is 9.79 Å². The molecule has 4 N–H and O–H groups in total. The molecule has 4 aromatic rings. The fraction of sp³-hybridized carbons (Fsp3) is 0.0714. The van der Waals surface area contributed by atoms with E-state index >= 15 is 0 Å². The molecule has 0 spiro atoms. The van der Waals surface area contributed by atoms with Gasteiger partial charge < -0.3 is 10.0 Å². The number of hydrogen-bond donors (Lipinski definition) is 4. The van der Waals surface area contributed by atoms with Crippen LogP contribution in [0.3, 0.4) is 0 Å². The van der Waals surface area contributed by atoms with Crippen molar-refractivity contribution in [3.8, 4) is 11.1 Å². The van der Waals surface area contributed by atoms with Crippen LogP contribution in [0, 0.1) is 3.57 Å². The quantitative estimate of drug-likeness (QED) is 0.122. The lowest BCUT2D eigenvalue weighted by atomic mass is 9.80. The number of sulfonamides is 2. The molecule has 4 rings (SSSR count). The van der Waals surface area contributed by atoms with Gasteiger partial charge in [0.25, 0.3) is 0 Å². The molecular weight excluding hydrogens is 694 g/mol. The van der Waals surface area contributed by atoms with Gasteiger partial charge in [0.2, 0.25) is 20.0 Å². The van der Waals surface area contributed by atoms with Gasteiger partial charge in [0.1, 0.15) is 12.6 Å². The average Bonchev–Trinajstić information content (AvgIpc) is 3.02. The summed E-state index contributed by atoms with van der Waals surface area (Å²) in [4.78, 5) is 21.3. The van der Waals surface area contributed by atoms with Gasteiger partial charge in [-0.3, -0.25) is 9.59 Å². The van der Waals surface area contributed by atoms with Crippen molar-refractivity contribution in [1.82, 2.24) is 9.44 Å². The smallest absolute Gasteiger partial charge is 0.423 e. The predicted octanol–water partition coefficient (Wildman–Crippen LogP) is 2.45. The molecule has 0 saturated carbocycles. The van der Waals surface area contributed by atoms with Gasteiger partial charge in [-0.1, -0.05) is 78.9 Å². The number of halogens is 1. The van der Waals surface area contributed by atoms with Crippen molar-refractivity contribution in [3.05, 3.63) is 112 Å². The van der Waals surface area contributed by atoms with Gasteiger partial charge in [0.15, 0.2) is 0 Å². The van der Waals surface area contributed by atoms with Crippen molar-refractivity contribution in [3.63, 3.8) is 0 Å². The molecule has 0 amide bonds. The van der Waals surface area contributed by atoms with Gasteiger partial charge in [0, 0.05) is 20.3 Å². The van der Waals surface area contributed by atoms with Crippen LogP contribution in [0.1, 0.15) is 20.7 Å². The minimum Gasteiger partial charge on any atom is -0.423 e. The Bertz CT molecular complexity index is 1700. The van der Waals surface area contributed by atoms with E-state index in [2.05, 4.69) is 9.44 Å². The summed E-state index contributed by atoms with van der Waals surface area (Å²) in [5, 5.41) is 17.3. The van der Waals surface area contributed by atoms with Crippen LogP contribution in [-0.2, 0) is 20.0 Å². The highest BCUT2D eigenvalue weighted by molar-refractivity contribution is 14.1. The van der Waals surface area contributed by atoms with Crippen LogP contribution in [-0.4, -0.2) is 60.7 Å². The third-order valence-electron chi connectivity index (χ3n) is 5.57. The number of benzene rings is 4. The first-order valence-corrected chi connectivity index (χ1v) is 16.1. The van der Waals surface area contributed by atoms with Crippen LogP contribution in [0.5, 0.6) is 0 Å². The zero-order valence-corrected chi connectivity index (χ0v) is 26.3. The van der Waals surface area contributed by atoms with Crippen molar-refractivity contribution in [1.29, 1.82) is 0 Å². The van der Waals surface area contributed by atoms with E-state index in [-0.39, 0.29) is 4.90 Å². The summed E-state index contributed by atoms with van der Waals surface area (Å²) in [6.45, 7) is 0. The zero-order valence-electron chi connectivity index (χ0n) is 22.5. The number of carbonyl (C=O) groups excluding carboxylic acids is 2. The molecule has 0 aliphatic carbocycles. The second-order valence-electron chi connectivity index (χ2n) is 8.24. The molecule has 0 saturated heterocycles. The number of hydrogen-bond acceptors (Lipinski definition) is 8. The maximum Gasteiger partial charge on any atom is 0.488 e. The van der Waals surface area contributed by atoms with Gasteiger partial charge in [-0.25, -0.2) is 26.3 Å². The third-order valence-corrected chi connectivity index (χ3v) is 9.82. The van der Waals surface area contributed by atoms with Crippen LogP contribution in [0.2, 0.25) is 0 Å². The average molecular weight is 722 g/mol. The molecule has 0 atom stereocenters. The summed E-state index contributed by atoms with van der Waals surface area (Å²) < 4.78 is 51.8. The molecular formula is C28H28BIN2O8S2. The first kappa shape index (κ1) is 35.0. The maximum atomic E-state index is 12.0. The second kappa shape index (κ2) is 16.4. The first-order valence-electron chi connectivity index (χ1n) is 12.1. The Morgan fingerprint density at radius 3 is 1.52 bits per heavy atom. The third kappa shape index (κ3) is 9.94. The molecule has 0 aliphatic heterocycles. The van der Waals surface area contributed by atoms with Crippen molar-refractivity contribution in [2.75, 3.05) is 14.1 Å². The second-order valence-corrected chi connectivity index (χ2v) is 13.1. The summed E-state index contributed by atoms with van der Waals surface area (Å²) >= 11 is 1.99. The van der Waals surface area contributed by atoms with Crippen molar-refractivity contribution < 1.29 is 36.5 Å². The molecule has 42 heavy (non-hydrogen) atoms. The van der Waals surface area contributed by atoms with Crippen LogP contribution in [0.25, 0.3) is 11.1 Å². The van der Waals surface area contributed by atoms with Gasteiger partial charge in [-0.05, 0) is 65.9 Å². The Morgan fingerprint density at radius 2 is 1.07 bits per heavy atom. The standard InChI is InChI=1S/C14H13NO3S.C7H7BO3.C7H8INO2S/c1-15-19(17,18)14-5-3-2-4-13(14)12-8-6-11(10-16)7-9-12;9-5-6-1-3-7(4-2-6)8(10)11;1-9-12(10,11)7-5-3-2-4-6(7)8/h2-10,15H,1H3;1-5,10-11H;2-5,9H,1H3. The van der Waals surface area contributed by atoms with Gasteiger partial charge in [-0.2, -0.15) is 0 Å². The summed E-state index contributed by atoms with van der Waals surface area (Å²) in [6.07, 6.45) is 1.45. The Morgan fingerprint density at radius 1 is 0.643 bits per heavy atom. The van der Waals surface area contributed by atoms with Gasteiger partial charge in [0.05, 0.1) is 9.79 Å². The highest BCUT2D eigenvalue weighted by atomic mass is 127. The van der Waals surface area contributed by atoms with Gasteiger partial charge >= 0.3 is 7.12 Å². The SMILES string of the molecule is CNS(=O)(=O)c1ccccc1-c1ccc(C=O)cc1.CNS(=O)(=O)c1ccccc1I.O=Cc1ccc(B(O)O)cc1. The fourth-order valence-electron chi connectivity index (χ4n) is 3.31. The summed E-state index contributed by atoms with van der Waals surface area (Å²) in [5.41, 5.74) is 2.82. The number of aldehydes is 2. The number of rotatable bonds is 8. The van der Waals surface area contributed by atoms with Crippen LogP contribution in [0.15, 0.2) is 107 Å². The van der Waals surface area contributed by atoms with Crippen LogP contribution in [0.4, 0.5) is 0 Å². The summed E-state index contributed by atoms with van der Waals surface area (Å²) in [7, 11) is -5.48. The lowest BCUT2D eigenvalue weighted by molar-refractivity contribution is 0.111. The Hall–Kier alpha value is -3.25. The fourth-order valence-corrected chi connectivity index (χ4v) is 6.32. The molecule has 0 fully saturated rings. The summed E-state index contributed by atoms with van der Waals surface area (Å²) in [5.74, 6) is 0. The zero-order chi connectivity index (χ0) is 31.3. The molecule has 0 unspecified atom stereocenters. The highest BCUT2D eigenvalue weighted by Crippen LogP contribution is 2.27. The molecule has 220 valence electrons. The van der Waals surface area contributed by atoms with E-state index in [0.717, 1.165) is 15.4 Å².